The van der Waals surface area contributed by atoms with Crippen LogP contribution in [0.1, 0.15) is 162 Å². The summed E-state index contributed by atoms with van der Waals surface area (Å²) in [5, 5.41) is 0. The van der Waals surface area contributed by atoms with Crippen LogP contribution in [0.4, 0.5) is 28.4 Å². The molecule has 5 aromatic carbocycles. The summed E-state index contributed by atoms with van der Waals surface area (Å²) in [6.45, 7) is 35.9. The van der Waals surface area contributed by atoms with Crippen LogP contribution in [0.2, 0.25) is 0 Å². The van der Waals surface area contributed by atoms with Gasteiger partial charge in [0.1, 0.15) is 0 Å². The van der Waals surface area contributed by atoms with Gasteiger partial charge in [-0.15, -0.1) is 0 Å². The number of anilines is 5. The molecule has 1 atom stereocenters. The Bertz CT molecular complexity index is 2610. The van der Waals surface area contributed by atoms with Crippen molar-refractivity contribution in [1.82, 2.24) is 0 Å². The SMILES string of the molecule is CC(C)c1cc2c3c(c1)N(c1ccc(C(C)(C)C)cc1)c1ccc(C(C)(C)C)cc1B3c1cc3c(cc1N2C1=CC=C(C(C)(C)C)CC1c1ccccc1)C(C)(C)CC3(C)C. The highest BCUT2D eigenvalue weighted by Crippen LogP contribution is 2.54. The van der Waals surface area contributed by atoms with Gasteiger partial charge in [0, 0.05) is 40.1 Å². The summed E-state index contributed by atoms with van der Waals surface area (Å²) in [6.07, 6.45) is 7.09. The van der Waals surface area contributed by atoms with Gasteiger partial charge in [0.25, 0.3) is 6.71 Å². The normalized spacial score (nSPS) is 19.0. The number of rotatable bonds is 4. The fraction of sp³-hybridized carbons (Fsp3) is 0.414. The molecule has 0 bridgehead atoms. The first-order chi connectivity index (χ1) is 28.5. The molecular formula is C58H69BN2. The molecule has 5 aromatic rings. The van der Waals surface area contributed by atoms with Gasteiger partial charge in [-0.25, -0.2) is 0 Å². The standard InChI is InChI=1S/C58H69BN2/c1-36(2)38-29-51-53-52(30-38)61(48-27-23-40(55(6,7)8)31-43(48)37-19-17-16-18-20-37)50-34-45-44(57(12,13)35-58(45,14)15)33-47(50)59(53)46-32-41(56(9,10)11)24-28-49(46)60(51)42-25-21-39(22-26-42)54(3,4)5/h16-30,32-34,36,43H,31,35H2,1-15H3. The highest BCUT2D eigenvalue weighted by Gasteiger charge is 2.49. The van der Waals surface area contributed by atoms with Crippen LogP contribution >= 0.6 is 0 Å². The Kier molecular flexibility index (Phi) is 9.46. The molecule has 2 aliphatic heterocycles. The summed E-state index contributed by atoms with van der Waals surface area (Å²) in [7, 11) is 0. The second kappa shape index (κ2) is 13.9. The van der Waals surface area contributed by atoms with Crippen molar-refractivity contribution in [1.29, 1.82) is 0 Å². The van der Waals surface area contributed by atoms with Crippen molar-refractivity contribution in [2.45, 2.75) is 150 Å². The summed E-state index contributed by atoms with van der Waals surface area (Å²) in [5.41, 5.74) is 22.4. The van der Waals surface area contributed by atoms with Crippen LogP contribution in [0.25, 0.3) is 0 Å². The van der Waals surface area contributed by atoms with E-state index in [4.69, 9.17) is 0 Å². The smallest absolute Gasteiger partial charge is 0.252 e. The predicted octanol–water partition coefficient (Wildman–Crippen LogP) is 14.2. The fourth-order valence-electron chi connectivity index (χ4n) is 11.4. The van der Waals surface area contributed by atoms with E-state index in [1.54, 1.807) is 0 Å². The Labute approximate surface area is 369 Å². The molecule has 0 amide bonds. The molecular weight excluding hydrogens is 735 g/mol. The summed E-state index contributed by atoms with van der Waals surface area (Å²) in [4.78, 5) is 5.37. The lowest BCUT2D eigenvalue weighted by Gasteiger charge is -2.47. The molecule has 0 radical (unpaired) electrons. The largest absolute Gasteiger partial charge is 0.315 e. The van der Waals surface area contributed by atoms with E-state index < -0.39 is 0 Å². The summed E-state index contributed by atoms with van der Waals surface area (Å²) in [6, 6.07) is 38.7. The van der Waals surface area contributed by atoms with Crippen LogP contribution in [0.3, 0.4) is 0 Å². The Balaban J connectivity index is 1.42. The molecule has 61 heavy (non-hydrogen) atoms. The molecule has 9 rings (SSSR count). The molecule has 1 unspecified atom stereocenters. The van der Waals surface area contributed by atoms with E-state index in [2.05, 4.69) is 223 Å². The maximum absolute atomic E-state index is 2.76. The molecule has 0 saturated heterocycles. The van der Waals surface area contributed by atoms with Gasteiger partial charge in [0.05, 0.1) is 0 Å². The average molecular weight is 805 g/mol. The molecule has 2 heterocycles. The molecule has 2 nitrogen and oxygen atoms in total. The van der Waals surface area contributed by atoms with E-state index >= 15 is 0 Å². The third-order valence-electron chi connectivity index (χ3n) is 14.8. The van der Waals surface area contributed by atoms with Crippen molar-refractivity contribution < 1.29 is 0 Å². The molecule has 314 valence electrons. The number of fused-ring (bicyclic) bond motifs is 5. The van der Waals surface area contributed by atoms with Gasteiger partial charge in [0.2, 0.25) is 0 Å². The van der Waals surface area contributed by atoms with Crippen LogP contribution in [-0.2, 0) is 21.7 Å². The number of allylic oxidation sites excluding steroid dienone is 4. The topological polar surface area (TPSA) is 6.48 Å². The van der Waals surface area contributed by atoms with Gasteiger partial charge in [-0.2, -0.15) is 0 Å². The lowest BCUT2D eigenvalue weighted by molar-refractivity contribution is 0.403. The predicted molar refractivity (Wildman–Crippen MR) is 266 cm³/mol. The molecule has 3 heteroatoms. The van der Waals surface area contributed by atoms with Gasteiger partial charge in [0.15, 0.2) is 0 Å². The van der Waals surface area contributed by atoms with E-state index in [0.717, 1.165) is 12.8 Å². The number of nitrogens with zero attached hydrogens (tertiary/aromatic N) is 2. The molecule has 0 saturated carbocycles. The monoisotopic (exact) mass is 805 g/mol. The summed E-state index contributed by atoms with van der Waals surface area (Å²) in [5.74, 6) is 0.542. The van der Waals surface area contributed by atoms with Crippen LogP contribution in [0.5, 0.6) is 0 Å². The van der Waals surface area contributed by atoms with Crippen molar-refractivity contribution >= 4 is 51.5 Å². The van der Waals surface area contributed by atoms with Crippen LogP contribution in [-0.4, -0.2) is 6.71 Å². The van der Waals surface area contributed by atoms with Crippen molar-refractivity contribution in [2.75, 3.05) is 9.80 Å². The van der Waals surface area contributed by atoms with Gasteiger partial charge in [-0.1, -0.05) is 176 Å². The van der Waals surface area contributed by atoms with Gasteiger partial charge in [-0.05, 0) is 138 Å². The molecule has 0 N–H and O–H groups in total. The van der Waals surface area contributed by atoms with Crippen molar-refractivity contribution in [2.24, 2.45) is 5.41 Å². The van der Waals surface area contributed by atoms with Crippen LogP contribution < -0.4 is 26.2 Å². The average Bonchev–Trinajstić information content (AvgIpc) is 3.37. The Morgan fingerprint density at radius 3 is 1.74 bits per heavy atom. The first-order valence-electron chi connectivity index (χ1n) is 23.1. The van der Waals surface area contributed by atoms with Crippen molar-refractivity contribution in [3.05, 3.63) is 154 Å². The van der Waals surface area contributed by atoms with Crippen molar-refractivity contribution in [3.63, 3.8) is 0 Å². The highest BCUT2D eigenvalue weighted by atomic mass is 15.2. The zero-order valence-electron chi connectivity index (χ0n) is 39.9. The molecule has 0 spiro atoms. The minimum atomic E-state index is -0.000777. The Morgan fingerprint density at radius 2 is 1.15 bits per heavy atom. The lowest BCUT2D eigenvalue weighted by atomic mass is 9.33. The van der Waals surface area contributed by atoms with E-state index in [9.17, 15) is 0 Å². The second-order valence-electron chi connectivity index (χ2n) is 23.7. The maximum atomic E-state index is 2.76. The zero-order valence-corrected chi connectivity index (χ0v) is 39.9. The third kappa shape index (κ3) is 6.85. The quantitative estimate of drug-likeness (QED) is 0.164. The van der Waals surface area contributed by atoms with E-state index in [1.807, 2.05) is 0 Å². The minimum absolute atomic E-state index is 0.000777. The Hall–Kier alpha value is -4.76. The van der Waals surface area contributed by atoms with Gasteiger partial charge >= 0.3 is 0 Å². The number of hydrogen-bond acceptors (Lipinski definition) is 2. The van der Waals surface area contributed by atoms with Crippen molar-refractivity contribution in [3.8, 4) is 0 Å². The zero-order chi connectivity index (χ0) is 43.8. The summed E-state index contributed by atoms with van der Waals surface area (Å²) < 4.78 is 0. The van der Waals surface area contributed by atoms with E-state index in [-0.39, 0.29) is 39.7 Å². The van der Waals surface area contributed by atoms with Crippen LogP contribution in [0, 0.1) is 5.41 Å². The third-order valence-corrected chi connectivity index (χ3v) is 14.8. The maximum Gasteiger partial charge on any atom is 0.252 e. The first kappa shape index (κ1) is 41.6. The summed E-state index contributed by atoms with van der Waals surface area (Å²) >= 11 is 0. The minimum Gasteiger partial charge on any atom is -0.315 e. The second-order valence-corrected chi connectivity index (χ2v) is 23.7. The molecule has 4 aliphatic rings. The fourth-order valence-corrected chi connectivity index (χ4v) is 11.4. The molecule has 0 fully saturated rings. The molecule has 2 aliphatic carbocycles. The van der Waals surface area contributed by atoms with E-state index in [1.165, 1.54) is 89.5 Å². The first-order valence-corrected chi connectivity index (χ1v) is 23.1. The highest BCUT2D eigenvalue weighted by molar-refractivity contribution is 7.00. The molecule has 0 aromatic heterocycles. The number of hydrogen-bond donors (Lipinski definition) is 0. The van der Waals surface area contributed by atoms with Gasteiger partial charge in [-0.3, -0.25) is 0 Å². The Morgan fingerprint density at radius 1 is 0.574 bits per heavy atom. The van der Waals surface area contributed by atoms with Crippen LogP contribution in [0.15, 0.2) is 120 Å². The number of benzene rings is 5. The van der Waals surface area contributed by atoms with E-state index in [0.29, 0.717) is 5.92 Å². The van der Waals surface area contributed by atoms with Gasteiger partial charge < -0.3 is 9.80 Å². The lowest BCUT2D eigenvalue weighted by Crippen LogP contribution is -2.62.